The summed E-state index contributed by atoms with van der Waals surface area (Å²) in [6, 6.07) is 0. The molecule has 0 aliphatic rings. The third-order valence-electron chi connectivity index (χ3n) is 1.32. The van der Waals surface area contributed by atoms with Gasteiger partial charge in [-0.15, -0.1) is 0 Å². The fraction of sp³-hybridized carbons (Fsp3) is 0.889. The first-order chi connectivity index (χ1) is 5.31. The van der Waals surface area contributed by atoms with Crippen LogP contribution in [0.15, 0.2) is 0 Å². The second-order valence-corrected chi connectivity index (χ2v) is 5.97. The van der Waals surface area contributed by atoms with Crippen LogP contribution in [-0.2, 0) is 4.79 Å². The molecule has 0 rings (SSSR count). The number of hydrogen-bond donors (Lipinski definition) is 1. The fourth-order valence-electron chi connectivity index (χ4n) is 0.749. The average molecular weight is 190 g/mol. The molecule has 0 bridgehead atoms. The van der Waals surface area contributed by atoms with Gasteiger partial charge in [0.05, 0.1) is 0 Å². The van der Waals surface area contributed by atoms with Gasteiger partial charge in [0.1, 0.15) is 0 Å². The minimum Gasteiger partial charge on any atom is -0.481 e. The summed E-state index contributed by atoms with van der Waals surface area (Å²) in [6.07, 6.45) is 0.281. The van der Waals surface area contributed by atoms with E-state index in [-0.39, 0.29) is 17.1 Å². The van der Waals surface area contributed by atoms with Crippen molar-refractivity contribution in [3.05, 3.63) is 0 Å². The van der Waals surface area contributed by atoms with Crippen LogP contribution in [0.4, 0.5) is 0 Å². The normalized spacial score (nSPS) is 14.3. The summed E-state index contributed by atoms with van der Waals surface area (Å²) in [5.74, 6) is 0.499. The van der Waals surface area contributed by atoms with Crippen LogP contribution in [-0.4, -0.2) is 21.6 Å². The Morgan fingerprint density at radius 3 is 2.33 bits per heavy atom. The lowest BCUT2D eigenvalue weighted by Crippen LogP contribution is -2.13. The summed E-state index contributed by atoms with van der Waals surface area (Å²) in [4.78, 5) is 10.3. The van der Waals surface area contributed by atoms with Gasteiger partial charge in [-0.25, -0.2) is 0 Å². The van der Waals surface area contributed by atoms with Crippen molar-refractivity contribution < 1.29 is 9.90 Å². The maximum absolute atomic E-state index is 10.3. The maximum atomic E-state index is 10.3. The first-order valence-electron chi connectivity index (χ1n) is 4.17. The standard InChI is InChI=1S/C9H18O2S/c1-7(5-8(10)11)6-12-9(2,3)4/h7H,5-6H2,1-4H3,(H,10,11). The molecule has 0 saturated heterocycles. The van der Waals surface area contributed by atoms with Crippen molar-refractivity contribution in [2.45, 2.75) is 38.9 Å². The van der Waals surface area contributed by atoms with Crippen molar-refractivity contribution in [3.63, 3.8) is 0 Å². The molecule has 1 atom stereocenters. The van der Waals surface area contributed by atoms with Crippen molar-refractivity contribution in [1.29, 1.82) is 0 Å². The average Bonchev–Trinajstić information content (AvgIpc) is 1.80. The van der Waals surface area contributed by atoms with Crippen LogP contribution in [0.25, 0.3) is 0 Å². The largest absolute Gasteiger partial charge is 0.481 e. The SMILES string of the molecule is CC(CSC(C)(C)C)CC(=O)O. The Bertz CT molecular complexity index is 149. The zero-order valence-electron chi connectivity index (χ0n) is 8.26. The zero-order valence-corrected chi connectivity index (χ0v) is 9.07. The number of hydrogen-bond acceptors (Lipinski definition) is 2. The Labute approximate surface area is 78.7 Å². The Kier molecular flexibility index (Phi) is 4.68. The van der Waals surface area contributed by atoms with Gasteiger partial charge in [-0.1, -0.05) is 27.7 Å². The summed E-state index contributed by atoms with van der Waals surface area (Å²) in [5.41, 5.74) is 0. The molecule has 0 spiro atoms. The molecule has 0 radical (unpaired) electrons. The highest BCUT2D eigenvalue weighted by atomic mass is 32.2. The summed E-state index contributed by atoms with van der Waals surface area (Å²) >= 11 is 1.82. The molecule has 0 amide bonds. The van der Waals surface area contributed by atoms with Gasteiger partial charge >= 0.3 is 5.97 Å². The zero-order chi connectivity index (χ0) is 9.78. The summed E-state index contributed by atoms with van der Waals surface area (Å²) in [7, 11) is 0. The third kappa shape index (κ3) is 7.92. The van der Waals surface area contributed by atoms with E-state index in [4.69, 9.17) is 5.11 Å². The van der Waals surface area contributed by atoms with Crippen LogP contribution in [0.5, 0.6) is 0 Å². The number of carboxylic acid groups (broad SMARTS) is 1. The van der Waals surface area contributed by atoms with Crippen LogP contribution < -0.4 is 0 Å². The molecule has 0 aliphatic heterocycles. The van der Waals surface area contributed by atoms with Gasteiger partial charge in [-0.05, 0) is 11.7 Å². The third-order valence-corrected chi connectivity index (χ3v) is 2.93. The molecule has 72 valence electrons. The number of aliphatic carboxylic acids is 1. The van der Waals surface area contributed by atoms with Crippen LogP contribution >= 0.6 is 11.8 Å². The highest BCUT2D eigenvalue weighted by Crippen LogP contribution is 2.26. The number of carbonyl (C=O) groups is 1. The predicted molar refractivity (Wildman–Crippen MR) is 53.6 cm³/mol. The summed E-state index contributed by atoms with van der Waals surface area (Å²) in [5, 5.41) is 8.50. The smallest absolute Gasteiger partial charge is 0.303 e. The van der Waals surface area contributed by atoms with E-state index in [9.17, 15) is 4.79 Å². The second kappa shape index (κ2) is 4.75. The first kappa shape index (κ1) is 11.8. The van der Waals surface area contributed by atoms with E-state index in [1.54, 1.807) is 0 Å². The van der Waals surface area contributed by atoms with Gasteiger partial charge < -0.3 is 5.11 Å². The first-order valence-corrected chi connectivity index (χ1v) is 5.15. The Morgan fingerprint density at radius 1 is 1.50 bits per heavy atom. The number of rotatable bonds is 4. The van der Waals surface area contributed by atoms with E-state index < -0.39 is 5.97 Å². The molecule has 0 heterocycles. The topological polar surface area (TPSA) is 37.3 Å². The molecular formula is C9H18O2S. The Hall–Kier alpha value is -0.180. The van der Waals surface area contributed by atoms with Gasteiger partial charge in [0.25, 0.3) is 0 Å². The van der Waals surface area contributed by atoms with Gasteiger partial charge in [0.2, 0.25) is 0 Å². The van der Waals surface area contributed by atoms with Crippen LogP contribution in [0.3, 0.4) is 0 Å². The molecule has 0 aromatic rings. The lowest BCUT2D eigenvalue weighted by Gasteiger charge is -2.19. The summed E-state index contributed by atoms with van der Waals surface area (Å²) < 4.78 is 0.243. The van der Waals surface area contributed by atoms with Gasteiger partial charge in [0.15, 0.2) is 0 Å². The predicted octanol–water partition coefficient (Wildman–Crippen LogP) is 2.63. The van der Waals surface area contributed by atoms with Crippen molar-refractivity contribution in [2.75, 3.05) is 5.75 Å². The van der Waals surface area contributed by atoms with Gasteiger partial charge in [-0.3, -0.25) is 4.79 Å². The van der Waals surface area contributed by atoms with Crippen LogP contribution in [0.2, 0.25) is 0 Å². The van der Waals surface area contributed by atoms with E-state index in [0.717, 1.165) is 5.75 Å². The molecule has 2 nitrogen and oxygen atoms in total. The van der Waals surface area contributed by atoms with E-state index >= 15 is 0 Å². The minimum absolute atomic E-state index is 0.243. The minimum atomic E-state index is -0.697. The Balaban J connectivity index is 3.57. The lowest BCUT2D eigenvalue weighted by atomic mass is 10.1. The molecule has 0 aromatic carbocycles. The van der Waals surface area contributed by atoms with Crippen molar-refractivity contribution in [2.24, 2.45) is 5.92 Å². The molecule has 1 N–H and O–H groups in total. The maximum Gasteiger partial charge on any atom is 0.303 e. The quantitative estimate of drug-likeness (QED) is 0.740. The van der Waals surface area contributed by atoms with Crippen LogP contribution in [0.1, 0.15) is 34.1 Å². The van der Waals surface area contributed by atoms with E-state index in [1.165, 1.54) is 0 Å². The highest BCUT2D eigenvalue weighted by Gasteiger charge is 2.14. The van der Waals surface area contributed by atoms with Crippen molar-refractivity contribution in [1.82, 2.24) is 0 Å². The molecule has 0 aromatic heterocycles. The van der Waals surface area contributed by atoms with Crippen molar-refractivity contribution >= 4 is 17.7 Å². The summed E-state index contributed by atoms with van der Waals surface area (Å²) in [6.45, 7) is 8.41. The van der Waals surface area contributed by atoms with Crippen molar-refractivity contribution in [3.8, 4) is 0 Å². The Morgan fingerprint density at radius 2 is 2.00 bits per heavy atom. The van der Waals surface area contributed by atoms with Crippen LogP contribution in [0, 0.1) is 5.92 Å². The van der Waals surface area contributed by atoms with E-state index in [2.05, 4.69) is 20.8 Å². The molecule has 12 heavy (non-hydrogen) atoms. The molecule has 0 saturated carbocycles. The molecular weight excluding hydrogens is 172 g/mol. The number of thioether (sulfide) groups is 1. The van der Waals surface area contributed by atoms with Gasteiger partial charge in [0, 0.05) is 11.2 Å². The number of carboxylic acids is 1. The van der Waals surface area contributed by atoms with E-state index in [1.807, 2.05) is 18.7 Å². The monoisotopic (exact) mass is 190 g/mol. The van der Waals surface area contributed by atoms with Gasteiger partial charge in [-0.2, -0.15) is 11.8 Å². The molecule has 1 unspecified atom stereocenters. The highest BCUT2D eigenvalue weighted by molar-refractivity contribution is 8.00. The molecule has 0 fully saturated rings. The lowest BCUT2D eigenvalue weighted by molar-refractivity contribution is -0.137. The second-order valence-electron chi connectivity index (χ2n) is 4.13. The fourth-order valence-corrected chi connectivity index (χ4v) is 1.65. The molecule has 0 aliphatic carbocycles. The molecule has 3 heteroatoms. The van der Waals surface area contributed by atoms with E-state index in [0.29, 0.717) is 0 Å².